The number of carboxylic acid groups (broad SMARTS) is 1. The molecule has 0 aromatic heterocycles. The fraction of sp³-hybridized carbons (Fsp3) is 0.800. The molecular weight excluding hydrogens is 755 g/mol. The van der Waals surface area contributed by atoms with Crippen molar-refractivity contribution in [2.75, 3.05) is 19.6 Å². The van der Waals surface area contributed by atoms with Gasteiger partial charge in [-0.05, 0) is 206 Å². The molecule has 61 heavy (non-hydrogen) atoms. The number of rotatable bonds is 12. The molecule has 7 aliphatic rings. The molecule has 1 N–H and O–H groups in total. The Balaban J connectivity index is 0.928. The van der Waals surface area contributed by atoms with Crippen molar-refractivity contribution in [3.05, 3.63) is 48.0 Å². The van der Waals surface area contributed by atoms with Crippen LogP contribution >= 0.6 is 0 Å². The fourth-order valence-corrected chi connectivity index (χ4v) is 17.1. The summed E-state index contributed by atoms with van der Waals surface area (Å²) in [5.41, 5.74) is 1.75. The quantitative estimate of drug-likeness (QED) is 0.167. The number of allylic oxidation sites excluding steroid dienone is 1. The summed E-state index contributed by atoms with van der Waals surface area (Å²) >= 11 is 0. The Bertz CT molecular complexity index is 1810. The van der Waals surface area contributed by atoms with Gasteiger partial charge in [-0.3, -0.25) is 14.4 Å². The van der Waals surface area contributed by atoms with Crippen molar-refractivity contribution in [1.82, 2.24) is 4.90 Å². The Morgan fingerprint density at radius 1 is 0.787 bits per heavy atom. The first-order chi connectivity index (χ1) is 28.7. The van der Waals surface area contributed by atoms with Gasteiger partial charge in [0.2, 0.25) is 0 Å². The summed E-state index contributed by atoms with van der Waals surface area (Å²) in [6.45, 7) is 26.4. The van der Waals surface area contributed by atoms with Crippen LogP contribution < -0.4 is 0 Å². The zero-order valence-corrected chi connectivity index (χ0v) is 39.7. The summed E-state index contributed by atoms with van der Waals surface area (Å²) in [4.78, 5) is 42.9. The van der Waals surface area contributed by atoms with E-state index in [0.717, 1.165) is 63.2 Å². The molecule has 1 aromatic rings. The first-order valence-corrected chi connectivity index (χ1v) is 25.1. The molecule has 338 valence electrons. The minimum absolute atomic E-state index is 0.107. The zero-order chi connectivity index (χ0) is 43.8. The number of hydrogen-bond donors (Lipinski definition) is 1. The summed E-state index contributed by atoms with van der Waals surface area (Å²) < 4.78 is 6.23. The summed E-state index contributed by atoms with van der Waals surface area (Å²) in [6.07, 6.45) is 19.1. The van der Waals surface area contributed by atoms with E-state index < -0.39 is 11.4 Å². The molecule has 6 heteroatoms. The smallest absolute Gasteiger partial charge is 0.309 e. The van der Waals surface area contributed by atoms with Crippen molar-refractivity contribution in [3.8, 4) is 0 Å². The number of ketones is 1. The third-order valence-corrected chi connectivity index (χ3v) is 20.7. The largest absolute Gasteiger partial charge is 0.481 e. The molecule has 8 rings (SSSR count). The van der Waals surface area contributed by atoms with Gasteiger partial charge in [-0.25, -0.2) is 0 Å². The molecule has 1 heterocycles. The average molecular weight is 838 g/mol. The van der Waals surface area contributed by atoms with Gasteiger partial charge in [0.05, 0.1) is 11.8 Å². The van der Waals surface area contributed by atoms with Crippen molar-refractivity contribution in [2.24, 2.45) is 79.8 Å². The maximum atomic E-state index is 15.2. The minimum Gasteiger partial charge on any atom is -0.481 e. The van der Waals surface area contributed by atoms with E-state index >= 15 is 4.79 Å². The number of carboxylic acids is 1. The lowest BCUT2D eigenvalue weighted by Crippen LogP contribution is -2.67. The van der Waals surface area contributed by atoms with E-state index in [1.165, 1.54) is 88.6 Å². The minimum atomic E-state index is -1.14. The van der Waals surface area contributed by atoms with E-state index in [1.807, 2.05) is 0 Å². The monoisotopic (exact) mass is 838 g/mol. The third-order valence-electron chi connectivity index (χ3n) is 20.7. The molecule has 7 fully saturated rings. The molecule has 6 nitrogen and oxygen atoms in total. The van der Waals surface area contributed by atoms with Crippen LogP contribution in [0.25, 0.3) is 0 Å². The number of carbonyl (C=O) groups is 3. The first kappa shape index (κ1) is 45.1. The van der Waals surface area contributed by atoms with Gasteiger partial charge in [0.1, 0.15) is 11.9 Å². The highest BCUT2D eigenvalue weighted by molar-refractivity contribution is 5.86. The Hall–Kier alpha value is -2.47. The number of likely N-dealkylation sites (tertiary alicyclic amines) is 1. The van der Waals surface area contributed by atoms with E-state index in [4.69, 9.17) is 4.74 Å². The number of benzene rings is 1. The van der Waals surface area contributed by atoms with Crippen molar-refractivity contribution in [3.63, 3.8) is 0 Å². The Kier molecular flexibility index (Phi) is 12.2. The van der Waals surface area contributed by atoms with Crippen LogP contribution in [0, 0.1) is 79.8 Å². The standard InChI is InChI=1S/C55H83NO5/c1-36(2)41-19-26-55(45(57)33-39-15-16-40(32-39)35-56-29-22-38(23-30-56)31-37-13-11-10-12-14-37)28-27-53(8)42(48(41)55)17-18-44-52(7)24-21-46(61-47(58)34-50(3,4)49(59)60)51(5,6)43(52)20-25-54(44,53)9/h10-14,38-44,46,48H,1,15-35H2,2-9H3,(H,59,60)/t39-,40?,41+,42-,43+,44-,46+,48-,52+,53-,54-,55-/m1/s1. The second kappa shape index (κ2) is 16.5. The van der Waals surface area contributed by atoms with Gasteiger partial charge in [0, 0.05) is 23.8 Å². The van der Waals surface area contributed by atoms with Crippen LogP contribution in [0.2, 0.25) is 0 Å². The Labute approximate surface area is 370 Å². The van der Waals surface area contributed by atoms with Gasteiger partial charge in [-0.2, -0.15) is 0 Å². The molecule has 12 atom stereocenters. The van der Waals surface area contributed by atoms with Crippen molar-refractivity contribution < 1.29 is 24.2 Å². The predicted molar refractivity (Wildman–Crippen MR) is 245 cm³/mol. The van der Waals surface area contributed by atoms with E-state index in [2.05, 4.69) is 83.4 Å². The fourth-order valence-electron chi connectivity index (χ4n) is 17.1. The van der Waals surface area contributed by atoms with Crippen LogP contribution in [0.15, 0.2) is 42.5 Å². The number of fused-ring (bicyclic) bond motifs is 7. The van der Waals surface area contributed by atoms with Crippen LogP contribution in [0.4, 0.5) is 0 Å². The zero-order valence-electron chi connectivity index (χ0n) is 39.7. The third kappa shape index (κ3) is 7.83. The number of Topliss-reactive ketones (excluding diaryl/α,β-unsaturated/α-hetero) is 1. The normalized spacial score (nSPS) is 41.2. The number of aliphatic carboxylic acids is 1. The van der Waals surface area contributed by atoms with Crippen LogP contribution in [0.5, 0.6) is 0 Å². The van der Waals surface area contributed by atoms with Crippen molar-refractivity contribution in [1.29, 1.82) is 0 Å². The molecule has 1 aliphatic heterocycles. The van der Waals surface area contributed by atoms with Crippen LogP contribution in [-0.4, -0.2) is 53.5 Å². The summed E-state index contributed by atoms with van der Waals surface area (Å²) in [5.74, 6) is 3.77. The molecule has 1 unspecified atom stereocenters. The molecule has 1 aromatic carbocycles. The number of hydrogen-bond acceptors (Lipinski definition) is 5. The molecule has 0 spiro atoms. The van der Waals surface area contributed by atoms with Crippen LogP contribution in [0.3, 0.4) is 0 Å². The second-order valence-corrected chi connectivity index (χ2v) is 24.7. The molecule has 0 bridgehead atoms. The number of carbonyl (C=O) groups excluding carboxylic acids is 2. The summed E-state index contributed by atoms with van der Waals surface area (Å²) in [7, 11) is 0. The maximum absolute atomic E-state index is 15.2. The highest BCUT2D eigenvalue weighted by atomic mass is 16.5. The van der Waals surface area contributed by atoms with Gasteiger partial charge >= 0.3 is 11.9 Å². The molecule has 0 amide bonds. The number of nitrogens with zero attached hydrogens (tertiary/aromatic N) is 1. The Morgan fingerprint density at radius 2 is 1.49 bits per heavy atom. The van der Waals surface area contributed by atoms with Crippen molar-refractivity contribution >= 4 is 17.7 Å². The van der Waals surface area contributed by atoms with Crippen LogP contribution in [0.1, 0.15) is 170 Å². The number of piperidine rings is 1. The summed E-state index contributed by atoms with van der Waals surface area (Å²) in [6, 6.07) is 11.0. The van der Waals surface area contributed by atoms with Gasteiger partial charge in [0.25, 0.3) is 0 Å². The van der Waals surface area contributed by atoms with E-state index in [1.54, 1.807) is 13.8 Å². The molecule has 6 aliphatic carbocycles. The van der Waals surface area contributed by atoms with Gasteiger partial charge < -0.3 is 14.7 Å². The second-order valence-electron chi connectivity index (χ2n) is 24.7. The molecular formula is C55H83NO5. The Morgan fingerprint density at radius 3 is 2.18 bits per heavy atom. The highest BCUT2D eigenvalue weighted by Crippen LogP contribution is 2.78. The van der Waals surface area contributed by atoms with E-state index in [0.29, 0.717) is 41.3 Å². The van der Waals surface area contributed by atoms with E-state index in [-0.39, 0.29) is 45.6 Å². The van der Waals surface area contributed by atoms with Gasteiger partial charge in [-0.15, -0.1) is 0 Å². The molecule has 0 radical (unpaired) electrons. The highest BCUT2D eigenvalue weighted by Gasteiger charge is 2.72. The predicted octanol–water partition coefficient (Wildman–Crippen LogP) is 12.4. The topological polar surface area (TPSA) is 83.9 Å². The van der Waals surface area contributed by atoms with Crippen molar-refractivity contribution in [2.45, 2.75) is 177 Å². The van der Waals surface area contributed by atoms with Gasteiger partial charge in [-0.1, -0.05) is 77.1 Å². The van der Waals surface area contributed by atoms with Gasteiger partial charge in [0.15, 0.2) is 0 Å². The lowest BCUT2D eigenvalue weighted by atomic mass is 9.32. The maximum Gasteiger partial charge on any atom is 0.309 e. The number of ether oxygens (including phenoxy) is 1. The van der Waals surface area contributed by atoms with Crippen LogP contribution in [-0.2, 0) is 25.5 Å². The van der Waals surface area contributed by atoms with E-state index in [9.17, 15) is 14.7 Å². The number of esters is 1. The molecule has 1 saturated heterocycles. The SMILES string of the molecule is C=C(C)[C@@H]1CC[C@]2(C(=O)C[C@@H]3CCC(CN4CCC(Cc5ccccc5)CC4)C3)CC[C@]3(C)[C@H](CC[C@@H]4[C@@]5(C)CC[C@H](OC(=O)CC(C)(C)C(=O)O)C(C)(C)[C@@H]5CC[C@]43C)[C@@H]12. The lowest BCUT2D eigenvalue weighted by Gasteiger charge is -2.73. The summed E-state index contributed by atoms with van der Waals surface area (Å²) in [5, 5.41) is 9.67. The average Bonchev–Trinajstić information content (AvgIpc) is 3.82. The first-order valence-electron chi connectivity index (χ1n) is 25.1. The lowest BCUT2D eigenvalue weighted by molar-refractivity contribution is -0.249. The molecule has 6 saturated carbocycles.